The van der Waals surface area contributed by atoms with Crippen LogP contribution in [0.15, 0.2) is 74.7 Å². The van der Waals surface area contributed by atoms with Gasteiger partial charge in [-0.2, -0.15) is 0 Å². The van der Waals surface area contributed by atoms with Crippen molar-refractivity contribution in [1.29, 1.82) is 0 Å². The third kappa shape index (κ3) is 2.64. The number of fused-ring (bicyclic) bond motifs is 5. The van der Waals surface area contributed by atoms with Gasteiger partial charge in [0.2, 0.25) is 0 Å². The van der Waals surface area contributed by atoms with Crippen LogP contribution >= 0.6 is 0 Å². The summed E-state index contributed by atoms with van der Waals surface area (Å²) in [6.45, 7) is 3.94. The molecular formula is C27H24N4O3. The van der Waals surface area contributed by atoms with Gasteiger partial charge in [-0.25, -0.2) is 4.79 Å². The number of nitrogens with zero attached hydrogens (tertiary/aromatic N) is 3. The molecule has 1 atom stereocenters. The summed E-state index contributed by atoms with van der Waals surface area (Å²) < 4.78 is 10.9. The van der Waals surface area contributed by atoms with Gasteiger partial charge in [0.1, 0.15) is 17.6 Å². The number of para-hydroxylation sites is 2. The van der Waals surface area contributed by atoms with E-state index in [1.807, 2.05) is 74.5 Å². The zero-order valence-corrected chi connectivity index (χ0v) is 19.4. The lowest BCUT2D eigenvalue weighted by Gasteiger charge is -2.30. The number of anilines is 1. The minimum atomic E-state index is -0.387. The molecule has 5 aromatic rings. The number of rotatable bonds is 2. The molecule has 0 spiro atoms. The van der Waals surface area contributed by atoms with E-state index < -0.39 is 0 Å². The normalized spacial score (nSPS) is 14.6. The third-order valence-electron chi connectivity index (χ3n) is 6.77. The van der Waals surface area contributed by atoms with E-state index in [4.69, 9.17) is 4.42 Å². The first-order valence-corrected chi connectivity index (χ1v) is 11.2. The number of hydrogen-bond acceptors (Lipinski definition) is 4. The molecule has 1 aliphatic rings. The van der Waals surface area contributed by atoms with E-state index in [1.165, 1.54) is 11.6 Å². The number of furan rings is 1. The van der Waals surface area contributed by atoms with Crippen molar-refractivity contribution in [2.45, 2.75) is 19.9 Å². The second-order valence-corrected chi connectivity index (χ2v) is 8.86. The Morgan fingerprint density at radius 3 is 2.35 bits per heavy atom. The molecular weight excluding hydrogens is 428 g/mol. The molecule has 0 bridgehead atoms. The van der Waals surface area contributed by atoms with Gasteiger partial charge in [0.25, 0.3) is 5.56 Å². The van der Waals surface area contributed by atoms with Crippen molar-refractivity contribution in [3.05, 3.63) is 104 Å². The van der Waals surface area contributed by atoms with E-state index in [1.54, 1.807) is 11.6 Å². The summed E-state index contributed by atoms with van der Waals surface area (Å²) in [6.07, 6.45) is 0. The molecule has 3 aromatic heterocycles. The van der Waals surface area contributed by atoms with Gasteiger partial charge in [-0.3, -0.25) is 13.9 Å². The lowest BCUT2D eigenvalue weighted by atomic mass is 10.0. The van der Waals surface area contributed by atoms with Crippen LogP contribution in [0, 0.1) is 13.8 Å². The summed E-state index contributed by atoms with van der Waals surface area (Å²) in [7, 11) is 3.25. The monoisotopic (exact) mass is 452 g/mol. The fourth-order valence-corrected chi connectivity index (χ4v) is 5.13. The smallest absolute Gasteiger partial charge is 0.331 e. The number of aryl methyl sites for hydroxylation is 3. The molecule has 0 aliphatic carbocycles. The van der Waals surface area contributed by atoms with Crippen molar-refractivity contribution in [2.24, 2.45) is 14.1 Å². The quantitative estimate of drug-likeness (QED) is 0.430. The second kappa shape index (κ2) is 7.12. The van der Waals surface area contributed by atoms with Crippen LogP contribution in [0.3, 0.4) is 0 Å². The highest BCUT2D eigenvalue weighted by Gasteiger charge is 2.36. The highest BCUT2D eigenvalue weighted by molar-refractivity contribution is 5.99. The Morgan fingerprint density at radius 2 is 1.62 bits per heavy atom. The zero-order valence-electron chi connectivity index (χ0n) is 19.4. The maximum absolute atomic E-state index is 13.7. The van der Waals surface area contributed by atoms with E-state index in [2.05, 4.69) is 9.88 Å². The van der Waals surface area contributed by atoms with Gasteiger partial charge in [0, 0.05) is 19.7 Å². The van der Waals surface area contributed by atoms with Gasteiger partial charge in [0.05, 0.1) is 33.7 Å². The van der Waals surface area contributed by atoms with Crippen molar-refractivity contribution in [3.63, 3.8) is 0 Å². The van der Waals surface area contributed by atoms with Crippen LogP contribution in [0.1, 0.15) is 28.8 Å². The Hall–Kier alpha value is -4.26. The number of nitrogens with one attached hydrogen (secondary N) is 1. The lowest BCUT2D eigenvalue weighted by molar-refractivity contribution is 0.469. The van der Waals surface area contributed by atoms with E-state index in [9.17, 15) is 9.59 Å². The number of aromatic nitrogens is 3. The standard InChI is InChI=1S/C27H24N4O3/c1-15-9-5-6-10-17(15)23-21-24(29(3)27(33)30(4)26(21)32)25-22(20-14-13-16(2)34-20)28-18-11-7-8-12-19(18)31(23)25/h5-14,22,28H,1-4H3. The van der Waals surface area contributed by atoms with Crippen molar-refractivity contribution in [3.8, 4) is 16.9 Å². The predicted molar refractivity (Wildman–Crippen MR) is 133 cm³/mol. The van der Waals surface area contributed by atoms with Crippen LogP contribution in [0.25, 0.3) is 27.8 Å². The van der Waals surface area contributed by atoms with Crippen LogP contribution < -0.4 is 16.6 Å². The summed E-state index contributed by atoms with van der Waals surface area (Å²) in [4.78, 5) is 26.7. The summed E-state index contributed by atoms with van der Waals surface area (Å²) in [6, 6.07) is 19.5. The Morgan fingerprint density at radius 1 is 0.882 bits per heavy atom. The number of benzene rings is 2. The molecule has 170 valence electrons. The fourth-order valence-electron chi connectivity index (χ4n) is 5.13. The first kappa shape index (κ1) is 20.4. The average Bonchev–Trinajstić information content (AvgIpc) is 3.43. The highest BCUT2D eigenvalue weighted by atomic mass is 16.3. The third-order valence-corrected chi connectivity index (χ3v) is 6.77. The largest absolute Gasteiger partial charge is 0.464 e. The fraction of sp³-hybridized carbons (Fsp3) is 0.185. The summed E-state index contributed by atoms with van der Waals surface area (Å²) in [5, 5.41) is 4.11. The highest BCUT2D eigenvalue weighted by Crippen LogP contribution is 2.46. The molecule has 0 saturated heterocycles. The van der Waals surface area contributed by atoms with Crippen molar-refractivity contribution >= 4 is 16.6 Å². The maximum Gasteiger partial charge on any atom is 0.331 e. The van der Waals surface area contributed by atoms with Gasteiger partial charge >= 0.3 is 5.69 Å². The topological polar surface area (TPSA) is 74.1 Å². The van der Waals surface area contributed by atoms with Gasteiger partial charge in [-0.05, 0) is 43.7 Å². The van der Waals surface area contributed by atoms with Gasteiger partial charge in [-0.1, -0.05) is 36.4 Å². The first-order chi connectivity index (χ1) is 16.4. The Balaban J connectivity index is 1.90. The SMILES string of the molecule is Cc1ccc(C2Nc3ccccc3-n3c(-c4ccccc4C)c4c(=O)n(C)c(=O)n(C)c4c32)o1. The second-order valence-electron chi connectivity index (χ2n) is 8.86. The van der Waals surface area contributed by atoms with E-state index in [-0.39, 0.29) is 17.3 Å². The van der Waals surface area contributed by atoms with Crippen molar-refractivity contribution in [2.75, 3.05) is 5.32 Å². The molecule has 6 rings (SSSR count). The Bertz CT molecular complexity index is 1730. The molecule has 1 aliphatic heterocycles. The average molecular weight is 453 g/mol. The summed E-state index contributed by atoms with van der Waals surface area (Å²) >= 11 is 0. The predicted octanol–water partition coefficient (Wildman–Crippen LogP) is 4.42. The van der Waals surface area contributed by atoms with Crippen LogP contribution in [-0.2, 0) is 14.1 Å². The summed E-state index contributed by atoms with van der Waals surface area (Å²) in [5.41, 5.74) is 5.34. The Labute approximate surface area is 195 Å². The van der Waals surface area contributed by atoms with E-state index >= 15 is 0 Å². The summed E-state index contributed by atoms with van der Waals surface area (Å²) in [5.74, 6) is 1.51. The molecule has 0 amide bonds. The van der Waals surface area contributed by atoms with Gasteiger partial charge in [0.15, 0.2) is 0 Å². The lowest BCUT2D eigenvalue weighted by Crippen LogP contribution is -2.37. The molecule has 7 heteroatoms. The molecule has 2 aromatic carbocycles. The number of hydrogen-bond donors (Lipinski definition) is 1. The zero-order chi connectivity index (χ0) is 23.7. The first-order valence-electron chi connectivity index (χ1n) is 11.2. The van der Waals surface area contributed by atoms with Crippen LogP contribution in [0.4, 0.5) is 5.69 Å². The van der Waals surface area contributed by atoms with Crippen LogP contribution in [-0.4, -0.2) is 13.7 Å². The Kier molecular flexibility index (Phi) is 4.26. The molecule has 0 fully saturated rings. The van der Waals surface area contributed by atoms with Crippen LogP contribution in [0.5, 0.6) is 0 Å². The molecule has 1 unspecified atom stereocenters. The minimum Gasteiger partial charge on any atom is -0.464 e. The molecule has 0 saturated carbocycles. The van der Waals surface area contributed by atoms with Gasteiger partial charge < -0.3 is 14.3 Å². The minimum absolute atomic E-state index is 0.315. The van der Waals surface area contributed by atoms with Crippen molar-refractivity contribution < 1.29 is 4.42 Å². The molecule has 34 heavy (non-hydrogen) atoms. The van der Waals surface area contributed by atoms with Crippen molar-refractivity contribution in [1.82, 2.24) is 13.7 Å². The molecule has 4 heterocycles. The van der Waals surface area contributed by atoms with E-state index in [0.717, 1.165) is 45.4 Å². The van der Waals surface area contributed by atoms with E-state index in [0.29, 0.717) is 10.9 Å². The van der Waals surface area contributed by atoms with Crippen LogP contribution in [0.2, 0.25) is 0 Å². The maximum atomic E-state index is 13.7. The molecule has 7 nitrogen and oxygen atoms in total. The molecule has 1 N–H and O–H groups in total. The molecule has 0 radical (unpaired) electrons. The van der Waals surface area contributed by atoms with Gasteiger partial charge in [-0.15, -0.1) is 0 Å².